The van der Waals surface area contributed by atoms with Crippen LogP contribution in [-0.2, 0) is 11.3 Å². The van der Waals surface area contributed by atoms with Crippen molar-refractivity contribution in [3.8, 4) is 17.2 Å². The number of methoxy groups -OCH3 is 1. The maximum atomic E-state index is 6.05. The molecule has 2 aliphatic rings. The van der Waals surface area contributed by atoms with E-state index in [0.717, 1.165) is 54.6 Å². The van der Waals surface area contributed by atoms with E-state index in [4.69, 9.17) is 26.4 Å². The first kappa shape index (κ1) is 24.5. The third-order valence-corrected chi connectivity index (χ3v) is 7.41. The molecule has 0 radical (unpaired) electrons. The highest BCUT2D eigenvalue weighted by Crippen LogP contribution is 2.42. The molecule has 3 atom stereocenters. The van der Waals surface area contributed by atoms with E-state index in [-0.39, 0.29) is 18.2 Å². The highest BCUT2D eigenvalue weighted by Gasteiger charge is 2.42. The molecule has 6 rings (SSSR count). The van der Waals surface area contributed by atoms with Gasteiger partial charge in [0.2, 0.25) is 0 Å². The summed E-state index contributed by atoms with van der Waals surface area (Å²) in [5.74, 6) is 2.29. The molecule has 7 nitrogen and oxygen atoms in total. The van der Waals surface area contributed by atoms with Crippen LogP contribution >= 0.6 is 12.2 Å². The van der Waals surface area contributed by atoms with Gasteiger partial charge in [-0.25, -0.2) is 0 Å². The zero-order valence-corrected chi connectivity index (χ0v) is 22.0. The molecule has 2 aromatic heterocycles. The second-order valence-electron chi connectivity index (χ2n) is 9.49. The van der Waals surface area contributed by atoms with Crippen LogP contribution in [0.3, 0.4) is 0 Å². The maximum absolute atomic E-state index is 6.05. The summed E-state index contributed by atoms with van der Waals surface area (Å²) in [5.41, 5.74) is 3.10. The number of nitrogens with one attached hydrogen (secondary N) is 1. The molecular formula is C30H30N4O3S. The van der Waals surface area contributed by atoms with Crippen LogP contribution in [-0.4, -0.2) is 34.5 Å². The first-order chi connectivity index (χ1) is 18.7. The predicted molar refractivity (Wildman–Crippen MR) is 151 cm³/mol. The van der Waals surface area contributed by atoms with Gasteiger partial charge in [0, 0.05) is 36.9 Å². The van der Waals surface area contributed by atoms with E-state index >= 15 is 0 Å². The fourth-order valence-electron chi connectivity index (χ4n) is 5.26. The monoisotopic (exact) mass is 526 g/mol. The lowest BCUT2D eigenvalue weighted by Gasteiger charge is -2.29. The second-order valence-corrected chi connectivity index (χ2v) is 9.88. The lowest BCUT2D eigenvalue weighted by Crippen LogP contribution is -2.31. The number of nitrogens with zero attached hydrogens (tertiary/aromatic N) is 3. The Kier molecular flexibility index (Phi) is 6.98. The molecule has 2 fully saturated rings. The summed E-state index contributed by atoms with van der Waals surface area (Å²) < 4.78 is 19.6. The lowest BCUT2D eigenvalue weighted by molar-refractivity contribution is 0.0961. The minimum atomic E-state index is -0.0999. The Morgan fingerprint density at radius 3 is 2.42 bits per heavy atom. The average Bonchev–Trinajstić information content (AvgIpc) is 3.71. The molecule has 0 aliphatic carbocycles. The molecule has 0 unspecified atom stereocenters. The molecule has 194 valence electrons. The van der Waals surface area contributed by atoms with Gasteiger partial charge in [-0.05, 0) is 97.9 Å². The van der Waals surface area contributed by atoms with Crippen LogP contribution in [0.15, 0.2) is 91.3 Å². The zero-order chi connectivity index (χ0) is 25.9. The highest BCUT2D eigenvalue weighted by molar-refractivity contribution is 7.80. The number of rotatable bonds is 8. The Morgan fingerprint density at radius 1 is 0.974 bits per heavy atom. The van der Waals surface area contributed by atoms with Gasteiger partial charge in [0.1, 0.15) is 23.3 Å². The Balaban J connectivity index is 1.31. The third-order valence-electron chi connectivity index (χ3n) is 7.10. The molecule has 0 bridgehead atoms. The molecule has 2 aromatic carbocycles. The van der Waals surface area contributed by atoms with E-state index in [1.165, 1.54) is 5.69 Å². The van der Waals surface area contributed by atoms with Crippen molar-refractivity contribution in [3.63, 3.8) is 0 Å². The fraction of sp³-hybridized carbons (Fsp3) is 0.267. The van der Waals surface area contributed by atoms with Gasteiger partial charge in [0.05, 0.1) is 24.9 Å². The number of hydrogen-bond acceptors (Lipinski definition) is 5. The van der Waals surface area contributed by atoms with Crippen LogP contribution in [0.2, 0.25) is 0 Å². The van der Waals surface area contributed by atoms with Crippen LogP contribution in [0.1, 0.15) is 36.3 Å². The summed E-state index contributed by atoms with van der Waals surface area (Å²) in [6.07, 6.45) is 6.40. The molecule has 0 saturated carbocycles. The van der Waals surface area contributed by atoms with Crippen molar-refractivity contribution in [2.45, 2.75) is 37.6 Å². The SMILES string of the molecule is COc1ccc(Oc2ccc(N3C(=S)N[C@H](c4ccccn4)[C@H]3c3cccn3C[C@H]3CCCO3)cc2)cc1. The summed E-state index contributed by atoms with van der Waals surface area (Å²) >= 11 is 5.91. The van der Waals surface area contributed by atoms with Crippen molar-refractivity contribution in [1.82, 2.24) is 14.9 Å². The smallest absolute Gasteiger partial charge is 0.174 e. The van der Waals surface area contributed by atoms with Crippen molar-refractivity contribution in [2.24, 2.45) is 0 Å². The number of thiocarbonyl (C=S) groups is 1. The van der Waals surface area contributed by atoms with Crippen LogP contribution in [0, 0.1) is 0 Å². The minimum absolute atomic E-state index is 0.0813. The van der Waals surface area contributed by atoms with Gasteiger partial charge in [-0.15, -0.1) is 0 Å². The number of hydrogen-bond donors (Lipinski definition) is 1. The molecule has 0 spiro atoms. The van der Waals surface area contributed by atoms with Gasteiger partial charge >= 0.3 is 0 Å². The van der Waals surface area contributed by atoms with E-state index in [1.54, 1.807) is 7.11 Å². The topological polar surface area (TPSA) is 60.8 Å². The Labute approximate surface area is 228 Å². The first-order valence-electron chi connectivity index (χ1n) is 12.9. The standard InChI is InChI=1S/C30H30N4O3S/c1-35-22-13-15-24(16-14-22)37-23-11-9-21(10-12-23)34-29(28(32-30(34)38)26-7-2-3-17-31-26)27-8-4-18-33(27)20-25-6-5-19-36-25/h2-4,7-18,25,28-29H,5-6,19-20H2,1H3,(H,32,38)/t25-,28-,29-/m1/s1. The van der Waals surface area contributed by atoms with Gasteiger partial charge in [0.25, 0.3) is 0 Å². The number of pyridine rings is 1. The van der Waals surface area contributed by atoms with Gasteiger partial charge in [-0.3, -0.25) is 4.98 Å². The third kappa shape index (κ3) is 4.97. The van der Waals surface area contributed by atoms with Gasteiger partial charge in [-0.2, -0.15) is 0 Å². The number of anilines is 1. The summed E-state index contributed by atoms with van der Waals surface area (Å²) in [6.45, 7) is 1.66. The van der Waals surface area contributed by atoms with Crippen molar-refractivity contribution < 1.29 is 14.2 Å². The van der Waals surface area contributed by atoms with Crippen LogP contribution in [0.25, 0.3) is 0 Å². The maximum Gasteiger partial charge on any atom is 0.174 e. The molecule has 0 amide bonds. The number of aromatic nitrogens is 2. The second kappa shape index (κ2) is 10.8. The predicted octanol–water partition coefficient (Wildman–Crippen LogP) is 6.04. The lowest BCUT2D eigenvalue weighted by atomic mass is 10.0. The molecule has 38 heavy (non-hydrogen) atoms. The van der Waals surface area contributed by atoms with Gasteiger partial charge in [0.15, 0.2) is 5.11 Å². The Morgan fingerprint density at radius 2 is 1.74 bits per heavy atom. The Hall–Kier alpha value is -3.88. The van der Waals surface area contributed by atoms with Crippen LogP contribution in [0.5, 0.6) is 17.2 Å². The van der Waals surface area contributed by atoms with E-state index in [1.807, 2.05) is 66.9 Å². The number of benzene rings is 2. The largest absolute Gasteiger partial charge is 0.497 e. The molecule has 1 N–H and O–H groups in total. The van der Waals surface area contributed by atoms with Gasteiger partial charge < -0.3 is 29.0 Å². The Bertz CT molecular complexity index is 1370. The summed E-state index contributed by atoms with van der Waals surface area (Å²) in [5, 5.41) is 4.22. The van der Waals surface area contributed by atoms with E-state index in [0.29, 0.717) is 5.11 Å². The van der Waals surface area contributed by atoms with E-state index in [9.17, 15) is 0 Å². The van der Waals surface area contributed by atoms with Crippen LogP contribution < -0.4 is 19.7 Å². The van der Waals surface area contributed by atoms with E-state index < -0.39 is 0 Å². The van der Waals surface area contributed by atoms with E-state index in [2.05, 4.69) is 44.2 Å². The minimum Gasteiger partial charge on any atom is -0.497 e. The molecule has 4 heterocycles. The van der Waals surface area contributed by atoms with Crippen molar-refractivity contribution in [3.05, 3.63) is 103 Å². The summed E-state index contributed by atoms with van der Waals surface area (Å²) in [7, 11) is 1.65. The van der Waals surface area contributed by atoms with Gasteiger partial charge in [-0.1, -0.05) is 6.07 Å². The number of ether oxygens (including phenoxy) is 3. The molecular weight excluding hydrogens is 496 g/mol. The summed E-state index contributed by atoms with van der Waals surface area (Å²) in [4.78, 5) is 6.87. The van der Waals surface area contributed by atoms with Crippen LogP contribution in [0.4, 0.5) is 5.69 Å². The quantitative estimate of drug-likeness (QED) is 0.281. The fourth-order valence-corrected chi connectivity index (χ4v) is 5.60. The first-order valence-corrected chi connectivity index (χ1v) is 13.3. The van der Waals surface area contributed by atoms with Crippen molar-refractivity contribution in [2.75, 3.05) is 18.6 Å². The average molecular weight is 527 g/mol. The molecule has 4 aromatic rings. The molecule has 2 aliphatic heterocycles. The summed E-state index contributed by atoms with van der Waals surface area (Å²) in [6, 6.07) is 25.7. The van der Waals surface area contributed by atoms with Crippen molar-refractivity contribution in [1.29, 1.82) is 0 Å². The highest BCUT2D eigenvalue weighted by atomic mass is 32.1. The normalized spacial score (nSPS) is 20.9. The molecule has 8 heteroatoms. The van der Waals surface area contributed by atoms with Crippen molar-refractivity contribution >= 4 is 23.0 Å². The zero-order valence-electron chi connectivity index (χ0n) is 21.2. The molecule has 2 saturated heterocycles.